The highest BCUT2D eigenvalue weighted by Gasteiger charge is 2.30. The number of methoxy groups -OCH3 is 1. The van der Waals surface area contributed by atoms with Gasteiger partial charge in [0.05, 0.1) is 0 Å². The molecule has 0 heterocycles. The maximum Gasteiger partial charge on any atom is 0.326 e. The monoisotopic (exact) mass is 203 g/mol. The number of aliphatic carboxylic acids is 1. The number of ether oxygens (including phenoxy) is 1. The Morgan fingerprint density at radius 2 is 2.00 bits per heavy atom. The summed E-state index contributed by atoms with van der Waals surface area (Å²) in [4.78, 5) is 22.1. The van der Waals surface area contributed by atoms with Crippen molar-refractivity contribution in [3.8, 4) is 0 Å². The summed E-state index contributed by atoms with van der Waals surface area (Å²) in [5.74, 6) is -1.46. The summed E-state index contributed by atoms with van der Waals surface area (Å²) in [7, 11) is 1.40. The summed E-state index contributed by atoms with van der Waals surface area (Å²) in [6.07, 6.45) is 0.348. The summed E-state index contributed by atoms with van der Waals surface area (Å²) in [5, 5.41) is 11.1. The van der Waals surface area contributed by atoms with E-state index in [0.29, 0.717) is 6.42 Å². The second kappa shape index (κ2) is 4.95. The summed E-state index contributed by atoms with van der Waals surface area (Å²) in [6, 6.07) is -0.850. The molecule has 0 rings (SSSR count). The van der Waals surface area contributed by atoms with Gasteiger partial charge in [-0.1, -0.05) is 6.92 Å². The van der Waals surface area contributed by atoms with Gasteiger partial charge in [0.2, 0.25) is 0 Å². The van der Waals surface area contributed by atoms with E-state index in [0.717, 1.165) is 0 Å². The highest BCUT2D eigenvalue weighted by atomic mass is 16.5. The van der Waals surface area contributed by atoms with Gasteiger partial charge in [0.1, 0.15) is 11.6 Å². The number of hydrogen-bond donors (Lipinski definition) is 2. The number of hydrogen-bond acceptors (Lipinski definition) is 3. The molecule has 0 fully saturated rings. The number of carboxylic acid groups (broad SMARTS) is 1. The van der Waals surface area contributed by atoms with E-state index in [1.165, 1.54) is 7.11 Å². The summed E-state index contributed by atoms with van der Waals surface area (Å²) < 4.78 is 4.92. The molecule has 1 unspecified atom stereocenters. The molecule has 0 radical (unpaired) electrons. The van der Waals surface area contributed by atoms with Crippen molar-refractivity contribution in [1.29, 1.82) is 0 Å². The molecule has 5 heteroatoms. The molecular formula is C9H17NO4. The SMILES string of the molecule is CCC(NC(=O)C(C)(C)OC)C(=O)O. The molecule has 0 aliphatic heterocycles. The number of amides is 1. The van der Waals surface area contributed by atoms with Crippen LogP contribution in [0.15, 0.2) is 0 Å². The van der Waals surface area contributed by atoms with Crippen molar-refractivity contribution in [3.05, 3.63) is 0 Å². The average Bonchev–Trinajstić information content (AvgIpc) is 2.12. The van der Waals surface area contributed by atoms with Crippen molar-refractivity contribution in [2.75, 3.05) is 7.11 Å². The van der Waals surface area contributed by atoms with E-state index in [2.05, 4.69) is 5.32 Å². The number of carbonyl (C=O) groups excluding carboxylic acids is 1. The smallest absolute Gasteiger partial charge is 0.326 e. The molecule has 82 valence electrons. The lowest BCUT2D eigenvalue weighted by Gasteiger charge is -2.23. The predicted molar refractivity (Wildman–Crippen MR) is 50.9 cm³/mol. The molecule has 0 saturated carbocycles. The van der Waals surface area contributed by atoms with Crippen molar-refractivity contribution in [2.45, 2.75) is 38.8 Å². The normalized spacial score (nSPS) is 13.4. The van der Waals surface area contributed by atoms with Crippen molar-refractivity contribution >= 4 is 11.9 Å². The van der Waals surface area contributed by atoms with Gasteiger partial charge in [0.15, 0.2) is 0 Å². The second-order valence-electron chi connectivity index (χ2n) is 3.49. The van der Waals surface area contributed by atoms with Gasteiger partial charge in [-0.25, -0.2) is 4.79 Å². The average molecular weight is 203 g/mol. The van der Waals surface area contributed by atoms with E-state index in [-0.39, 0.29) is 0 Å². The van der Waals surface area contributed by atoms with E-state index >= 15 is 0 Å². The third-order valence-electron chi connectivity index (χ3n) is 2.07. The van der Waals surface area contributed by atoms with Crippen molar-refractivity contribution in [1.82, 2.24) is 5.32 Å². The molecule has 0 aliphatic rings. The van der Waals surface area contributed by atoms with Crippen molar-refractivity contribution < 1.29 is 19.4 Å². The van der Waals surface area contributed by atoms with Crippen LogP contribution in [-0.4, -0.2) is 35.7 Å². The van der Waals surface area contributed by atoms with Crippen molar-refractivity contribution in [3.63, 3.8) is 0 Å². The van der Waals surface area contributed by atoms with Gasteiger partial charge in [-0.15, -0.1) is 0 Å². The van der Waals surface area contributed by atoms with Gasteiger partial charge in [-0.2, -0.15) is 0 Å². The van der Waals surface area contributed by atoms with Gasteiger partial charge in [-0.3, -0.25) is 4.79 Å². The summed E-state index contributed by atoms with van der Waals surface area (Å²) >= 11 is 0. The fourth-order valence-corrected chi connectivity index (χ4v) is 0.763. The molecule has 1 amide bonds. The lowest BCUT2D eigenvalue weighted by Crippen LogP contribution is -2.50. The van der Waals surface area contributed by atoms with E-state index in [4.69, 9.17) is 9.84 Å². The van der Waals surface area contributed by atoms with Gasteiger partial charge in [0, 0.05) is 7.11 Å². The molecule has 0 bridgehead atoms. The Morgan fingerprint density at radius 1 is 1.50 bits per heavy atom. The third kappa shape index (κ3) is 3.33. The fraction of sp³-hybridized carbons (Fsp3) is 0.778. The van der Waals surface area contributed by atoms with E-state index in [1.54, 1.807) is 20.8 Å². The van der Waals surface area contributed by atoms with Crippen LogP contribution in [0.2, 0.25) is 0 Å². The zero-order chi connectivity index (χ0) is 11.4. The zero-order valence-electron chi connectivity index (χ0n) is 8.96. The number of carboxylic acids is 1. The molecule has 0 aromatic carbocycles. The van der Waals surface area contributed by atoms with Crippen LogP contribution in [0.4, 0.5) is 0 Å². The van der Waals surface area contributed by atoms with E-state index < -0.39 is 23.5 Å². The van der Waals surface area contributed by atoms with E-state index in [1.807, 2.05) is 0 Å². The van der Waals surface area contributed by atoms with Gasteiger partial charge in [-0.05, 0) is 20.3 Å². The third-order valence-corrected chi connectivity index (χ3v) is 2.07. The van der Waals surface area contributed by atoms with Crippen LogP contribution in [0.5, 0.6) is 0 Å². The zero-order valence-corrected chi connectivity index (χ0v) is 8.96. The number of carbonyl (C=O) groups is 2. The quantitative estimate of drug-likeness (QED) is 0.677. The Bertz CT molecular complexity index is 225. The topological polar surface area (TPSA) is 75.6 Å². The Labute approximate surface area is 83.4 Å². The first-order valence-electron chi connectivity index (χ1n) is 4.44. The molecule has 0 saturated heterocycles. The van der Waals surface area contributed by atoms with Crippen LogP contribution in [0.1, 0.15) is 27.2 Å². The highest BCUT2D eigenvalue weighted by Crippen LogP contribution is 2.08. The summed E-state index contributed by atoms with van der Waals surface area (Å²) in [6.45, 7) is 4.85. The fourth-order valence-electron chi connectivity index (χ4n) is 0.763. The largest absolute Gasteiger partial charge is 0.480 e. The van der Waals surface area contributed by atoms with Gasteiger partial charge in [0.25, 0.3) is 5.91 Å². The Morgan fingerprint density at radius 3 is 2.29 bits per heavy atom. The first-order valence-corrected chi connectivity index (χ1v) is 4.44. The summed E-state index contributed by atoms with van der Waals surface area (Å²) in [5.41, 5.74) is -0.997. The molecule has 1 atom stereocenters. The number of nitrogens with one attached hydrogen (secondary N) is 1. The Hall–Kier alpha value is -1.10. The molecule has 2 N–H and O–H groups in total. The molecular weight excluding hydrogens is 186 g/mol. The van der Waals surface area contributed by atoms with Crippen LogP contribution in [0.25, 0.3) is 0 Å². The number of rotatable bonds is 5. The molecule has 0 aromatic heterocycles. The minimum Gasteiger partial charge on any atom is -0.480 e. The lowest BCUT2D eigenvalue weighted by molar-refractivity contribution is -0.147. The van der Waals surface area contributed by atoms with Crippen molar-refractivity contribution in [2.24, 2.45) is 0 Å². The van der Waals surface area contributed by atoms with Crippen LogP contribution in [0.3, 0.4) is 0 Å². The van der Waals surface area contributed by atoms with Crippen LogP contribution in [-0.2, 0) is 14.3 Å². The standard InChI is InChI=1S/C9H17NO4/c1-5-6(7(11)12)10-8(13)9(2,3)14-4/h6H,5H2,1-4H3,(H,10,13)(H,11,12). The second-order valence-corrected chi connectivity index (χ2v) is 3.49. The first-order chi connectivity index (χ1) is 6.35. The molecule has 5 nitrogen and oxygen atoms in total. The van der Waals surface area contributed by atoms with Crippen LogP contribution in [0, 0.1) is 0 Å². The molecule has 14 heavy (non-hydrogen) atoms. The molecule has 0 aliphatic carbocycles. The van der Waals surface area contributed by atoms with Gasteiger partial charge >= 0.3 is 5.97 Å². The van der Waals surface area contributed by atoms with Crippen LogP contribution < -0.4 is 5.32 Å². The Balaban J connectivity index is 4.37. The maximum absolute atomic E-state index is 11.5. The minimum absolute atomic E-state index is 0.348. The van der Waals surface area contributed by atoms with Crippen LogP contribution >= 0.6 is 0 Å². The highest BCUT2D eigenvalue weighted by molar-refractivity contribution is 5.88. The predicted octanol–water partition coefficient (Wildman–Crippen LogP) is 0.391. The Kier molecular flexibility index (Phi) is 4.56. The minimum atomic E-state index is -1.03. The molecule has 0 aromatic rings. The lowest BCUT2D eigenvalue weighted by atomic mass is 10.1. The first kappa shape index (κ1) is 12.9. The maximum atomic E-state index is 11.5. The van der Waals surface area contributed by atoms with Gasteiger partial charge < -0.3 is 15.2 Å². The molecule has 0 spiro atoms. The van der Waals surface area contributed by atoms with E-state index in [9.17, 15) is 9.59 Å².